The van der Waals surface area contributed by atoms with E-state index >= 15 is 0 Å². The molecule has 0 aromatic heterocycles. The molecule has 1 N–H and O–H groups in total. The molecule has 1 aliphatic heterocycles. The fourth-order valence-electron chi connectivity index (χ4n) is 3.81. The summed E-state index contributed by atoms with van der Waals surface area (Å²) in [4.78, 5) is 39.5. The Hall–Kier alpha value is -4.27. The molecule has 1 aliphatic rings. The summed E-state index contributed by atoms with van der Waals surface area (Å²) in [7, 11) is 0. The lowest BCUT2D eigenvalue weighted by molar-refractivity contribution is -0.127. The standard InChI is InChI=1S/C27H24F2N2O5/c1-17(27(34)30-12-11-18-5-3-2-4-6-18)31-23-13-19(7-10-25(23)36-16-26(31)33)24(32)15-35-20-8-9-21(28)22(29)14-20/h2-10,13-14,17H,11-12,15-16H2,1H3,(H,30,34)/t17-/m1/s1. The van der Waals surface area contributed by atoms with Gasteiger partial charge in [-0.25, -0.2) is 8.78 Å². The van der Waals surface area contributed by atoms with E-state index in [1.165, 1.54) is 23.1 Å². The maximum Gasteiger partial charge on any atom is 0.265 e. The van der Waals surface area contributed by atoms with E-state index in [9.17, 15) is 23.2 Å². The Bertz CT molecular complexity index is 1280. The third-order valence-electron chi connectivity index (χ3n) is 5.74. The summed E-state index contributed by atoms with van der Waals surface area (Å²) < 4.78 is 37.2. The Morgan fingerprint density at radius 3 is 2.58 bits per heavy atom. The minimum absolute atomic E-state index is 0.00106. The zero-order valence-corrected chi connectivity index (χ0v) is 19.5. The average Bonchev–Trinajstić information content (AvgIpc) is 2.89. The lowest BCUT2D eigenvalue weighted by atomic mass is 10.1. The van der Waals surface area contributed by atoms with E-state index in [0.717, 1.165) is 17.7 Å². The van der Waals surface area contributed by atoms with E-state index in [1.807, 2.05) is 30.3 Å². The van der Waals surface area contributed by atoms with Crippen molar-refractivity contribution < 1.29 is 32.6 Å². The number of hydrogen-bond acceptors (Lipinski definition) is 5. The summed E-state index contributed by atoms with van der Waals surface area (Å²) in [6, 6.07) is 16.3. The molecule has 0 spiro atoms. The van der Waals surface area contributed by atoms with Crippen LogP contribution in [0.1, 0.15) is 22.8 Å². The number of carbonyl (C=O) groups is 3. The van der Waals surface area contributed by atoms with Gasteiger partial charge >= 0.3 is 0 Å². The minimum Gasteiger partial charge on any atom is -0.485 e. The maximum absolute atomic E-state index is 13.4. The minimum atomic E-state index is -1.09. The number of amides is 2. The zero-order valence-electron chi connectivity index (χ0n) is 19.5. The third kappa shape index (κ3) is 5.68. The maximum atomic E-state index is 13.4. The van der Waals surface area contributed by atoms with Crippen molar-refractivity contribution in [3.63, 3.8) is 0 Å². The van der Waals surface area contributed by atoms with Crippen LogP contribution in [0.3, 0.4) is 0 Å². The van der Waals surface area contributed by atoms with Gasteiger partial charge < -0.3 is 14.8 Å². The average molecular weight is 494 g/mol. The molecule has 0 unspecified atom stereocenters. The van der Waals surface area contributed by atoms with Crippen LogP contribution < -0.4 is 19.7 Å². The molecule has 0 saturated heterocycles. The Morgan fingerprint density at radius 1 is 1.06 bits per heavy atom. The molecule has 2 amide bonds. The smallest absolute Gasteiger partial charge is 0.265 e. The van der Waals surface area contributed by atoms with Gasteiger partial charge in [-0.2, -0.15) is 0 Å². The van der Waals surface area contributed by atoms with Crippen molar-refractivity contribution in [3.8, 4) is 11.5 Å². The number of Topliss-reactive ketones (excluding diaryl/α,β-unsaturated/α-hetero) is 1. The topological polar surface area (TPSA) is 84.9 Å². The number of carbonyl (C=O) groups excluding carboxylic acids is 3. The number of anilines is 1. The molecule has 1 atom stereocenters. The van der Waals surface area contributed by atoms with Crippen molar-refractivity contribution in [2.45, 2.75) is 19.4 Å². The molecule has 0 aliphatic carbocycles. The van der Waals surface area contributed by atoms with Crippen molar-refractivity contribution in [1.29, 1.82) is 0 Å². The molecule has 3 aromatic carbocycles. The lowest BCUT2D eigenvalue weighted by Crippen LogP contribution is -2.51. The molecule has 3 aromatic rings. The van der Waals surface area contributed by atoms with Gasteiger partial charge in [-0.05, 0) is 49.2 Å². The van der Waals surface area contributed by atoms with Crippen molar-refractivity contribution in [2.24, 2.45) is 0 Å². The highest BCUT2D eigenvalue weighted by Gasteiger charge is 2.33. The fourth-order valence-corrected chi connectivity index (χ4v) is 3.81. The highest BCUT2D eigenvalue weighted by atomic mass is 19.2. The number of halogens is 2. The molecule has 1 heterocycles. The van der Waals surface area contributed by atoms with Crippen molar-refractivity contribution in [3.05, 3.63) is 89.5 Å². The largest absolute Gasteiger partial charge is 0.485 e. The van der Waals surface area contributed by atoms with Gasteiger partial charge in [-0.3, -0.25) is 19.3 Å². The van der Waals surface area contributed by atoms with Crippen LogP contribution in [-0.2, 0) is 16.0 Å². The van der Waals surface area contributed by atoms with Crippen molar-refractivity contribution in [1.82, 2.24) is 5.32 Å². The van der Waals surface area contributed by atoms with Gasteiger partial charge in [-0.15, -0.1) is 0 Å². The number of nitrogens with one attached hydrogen (secondary N) is 1. The number of nitrogens with zero attached hydrogens (tertiary/aromatic N) is 1. The van der Waals surface area contributed by atoms with Crippen molar-refractivity contribution >= 4 is 23.3 Å². The van der Waals surface area contributed by atoms with Crippen LogP contribution in [0.25, 0.3) is 0 Å². The van der Waals surface area contributed by atoms with Crippen LogP contribution in [0, 0.1) is 11.6 Å². The van der Waals surface area contributed by atoms with Gasteiger partial charge in [0.1, 0.15) is 17.5 Å². The Morgan fingerprint density at radius 2 is 1.83 bits per heavy atom. The SMILES string of the molecule is C[C@H](C(=O)NCCc1ccccc1)N1C(=O)COc2ccc(C(=O)COc3ccc(F)c(F)c3)cc21. The van der Waals surface area contributed by atoms with Gasteiger partial charge in [0.15, 0.2) is 30.6 Å². The Kier molecular flexibility index (Phi) is 7.58. The van der Waals surface area contributed by atoms with E-state index in [4.69, 9.17) is 9.47 Å². The summed E-state index contributed by atoms with van der Waals surface area (Å²) >= 11 is 0. The van der Waals surface area contributed by atoms with E-state index in [2.05, 4.69) is 5.32 Å². The van der Waals surface area contributed by atoms with Crippen LogP contribution in [0.4, 0.5) is 14.5 Å². The van der Waals surface area contributed by atoms with Crippen molar-refractivity contribution in [2.75, 3.05) is 24.7 Å². The molecule has 0 saturated carbocycles. The van der Waals surface area contributed by atoms with E-state index in [0.29, 0.717) is 18.7 Å². The normalized spacial score (nSPS) is 13.4. The number of benzene rings is 3. The number of hydrogen-bond donors (Lipinski definition) is 1. The monoisotopic (exact) mass is 494 g/mol. The predicted octanol–water partition coefficient (Wildman–Crippen LogP) is 3.70. The molecule has 0 fully saturated rings. The first-order chi connectivity index (χ1) is 17.3. The Balaban J connectivity index is 1.44. The van der Waals surface area contributed by atoms with Gasteiger partial charge in [0.05, 0.1) is 5.69 Å². The summed E-state index contributed by atoms with van der Waals surface area (Å²) in [5.74, 6) is -2.97. The predicted molar refractivity (Wildman–Crippen MR) is 128 cm³/mol. The van der Waals surface area contributed by atoms with Gasteiger partial charge in [0.2, 0.25) is 5.91 Å². The molecular weight excluding hydrogens is 470 g/mol. The highest BCUT2D eigenvalue weighted by molar-refractivity contribution is 6.05. The van der Waals surface area contributed by atoms with Crippen LogP contribution in [0.15, 0.2) is 66.7 Å². The van der Waals surface area contributed by atoms with Crippen LogP contribution in [0.2, 0.25) is 0 Å². The number of fused-ring (bicyclic) bond motifs is 1. The van der Waals surface area contributed by atoms with E-state index in [-0.39, 0.29) is 29.5 Å². The summed E-state index contributed by atoms with van der Waals surface area (Å²) in [6.07, 6.45) is 0.642. The van der Waals surface area contributed by atoms with E-state index in [1.54, 1.807) is 13.0 Å². The van der Waals surface area contributed by atoms with Gasteiger partial charge in [0, 0.05) is 18.2 Å². The third-order valence-corrected chi connectivity index (χ3v) is 5.74. The van der Waals surface area contributed by atoms with E-state index < -0.39 is 36.0 Å². The van der Waals surface area contributed by atoms with Crippen LogP contribution in [-0.4, -0.2) is 43.4 Å². The number of ether oxygens (including phenoxy) is 2. The molecule has 4 rings (SSSR count). The second-order valence-electron chi connectivity index (χ2n) is 8.23. The molecular formula is C27H24F2N2O5. The summed E-state index contributed by atoms with van der Waals surface area (Å²) in [6.45, 7) is 1.33. The molecule has 0 bridgehead atoms. The molecule has 7 nitrogen and oxygen atoms in total. The first kappa shape index (κ1) is 24.8. The Labute approximate surface area is 206 Å². The van der Waals surface area contributed by atoms with Gasteiger partial charge in [0.25, 0.3) is 5.91 Å². The van der Waals surface area contributed by atoms with Crippen LogP contribution in [0.5, 0.6) is 11.5 Å². The molecule has 9 heteroatoms. The number of rotatable bonds is 9. The highest BCUT2D eigenvalue weighted by Crippen LogP contribution is 2.34. The first-order valence-corrected chi connectivity index (χ1v) is 11.3. The molecule has 186 valence electrons. The second-order valence-corrected chi connectivity index (χ2v) is 8.23. The summed E-state index contributed by atoms with van der Waals surface area (Å²) in [5.41, 5.74) is 1.57. The quantitative estimate of drug-likeness (QED) is 0.459. The first-order valence-electron chi connectivity index (χ1n) is 11.3. The number of ketones is 1. The molecule has 36 heavy (non-hydrogen) atoms. The van der Waals surface area contributed by atoms with Crippen LogP contribution >= 0.6 is 0 Å². The lowest BCUT2D eigenvalue weighted by Gasteiger charge is -2.33. The second kappa shape index (κ2) is 11.0. The fraction of sp³-hybridized carbons (Fsp3) is 0.222. The zero-order chi connectivity index (χ0) is 25.7. The molecule has 0 radical (unpaired) electrons. The van der Waals surface area contributed by atoms with Gasteiger partial charge in [-0.1, -0.05) is 30.3 Å². The summed E-state index contributed by atoms with van der Waals surface area (Å²) in [5, 5.41) is 2.85.